The Morgan fingerprint density at radius 2 is 1.71 bits per heavy atom. The molecule has 5 aromatic rings. The third kappa shape index (κ3) is 4.25. The first kappa shape index (κ1) is 21.4. The Morgan fingerprint density at radius 1 is 0.912 bits per heavy atom. The van der Waals surface area contributed by atoms with Gasteiger partial charge in [-0.15, -0.1) is 0 Å². The van der Waals surface area contributed by atoms with Crippen molar-refractivity contribution >= 4 is 26.6 Å². The Balaban J connectivity index is 1.39. The van der Waals surface area contributed by atoms with Crippen molar-refractivity contribution in [3.63, 3.8) is 0 Å². The number of nitriles is 1. The predicted octanol–water partition coefficient (Wildman–Crippen LogP) is 4.82. The number of imidazole rings is 1. The van der Waals surface area contributed by atoms with Gasteiger partial charge in [-0.3, -0.25) is 9.71 Å². The van der Waals surface area contributed by atoms with Crippen molar-refractivity contribution in [2.24, 2.45) is 0 Å². The van der Waals surface area contributed by atoms with Gasteiger partial charge in [-0.1, -0.05) is 30.3 Å². The lowest BCUT2D eigenvalue weighted by Crippen LogP contribution is -2.13. The average molecular weight is 466 g/mol. The highest BCUT2D eigenvalue weighted by molar-refractivity contribution is 7.93. The molecule has 0 aliphatic rings. The zero-order valence-corrected chi connectivity index (χ0v) is 18.8. The van der Waals surface area contributed by atoms with Crippen LogP contribution in [0.25, 0.3) is 22.3 Å². The van der Waals surface area contributed by atoms with Gasteiger partial charge in [-0.25, -0.2) is 13.4 Å². The fourth-order valence-electron chi connectivity index (χ4n) is 3.82. The second kappa shape index (κ2) is 8.81. The number of para-hydroxylation sites is 1. The zero-order valence-electron chi connectivity index (χ0n) is 18.0. The topological polar surface area (TPSA) is 101 Å². The average Bonchev–Trinajstić information content (AvgIpc) is 3.32. The third-order valence-electron chi connectivity index (χ3n) is 5.41. The number of hydrogen-bond acceptors (Lipinski definition) is 5. The van der Waals surface area contributed by atoms with Crippen LogP contribution in [0.4, 0.5) is 5.69 Å². The Hall–Kier alpha value is -4.48. The number of anilines is 1. The molecular formula is C26H19N5O2S. The minimum Gasteiger partial charge on any atom is -0.327 e. The van der Waals surface area contributed by atoms with Crippen LogP contribution in [0.1, 0.15) is 11.1 Å². The largest absolute Gasteiger partial charge is 0.327 e. The lowest BCUT2D eigenvalue weighted by molar-refractivity contribution is 0.602. The van der Waals surface area contributed by atoms with Crippen molar-refractivity contribution in [2.75, 3.05) is 4.72 Å². The molecule has 2 aromatic heterocycles. The molecule has 0 aliphatic carbocycles. The summed E-state index contributed by atoms with van der Waals surface area (Å²) in [6.07, 6.45) is 5.17. The van der Waals surface area contributed by atoms with E-state index in [4.69, 9.17) is 5.26 Å². The van der Waals surface area contributed by atoms with Crippen molar-refractivity contribution in [1.82, 2.24) is 14.5 Å². The molecule has 34 heavy (non-hydrogen) atoms. The van der Waals surface area contributed by atoms with Gasteiger partial charge in [0.05, 0.1) is 17.1 Å². The summed E-state index contributed by atoms with van der Waals surface area (Å²) in [6, 6.07) is 25.3. The number of aromatic nitrogens is 3. The summed E-state index contributed by atoms with van der Waals surface area (Å²) in [7, 11) is -3.82. The monoisotopic (exact) mass is 465 g/mol. The smallest absolute Gasteiger partial charge is 0.264 e. The summed E-state index contributed by atoms with van der Waals surface area (Å²) in [5.74, 6) is 0.745. The Labute approximate surface area is 197 Å². The molecule has 1 N–H and O–H groups in total. The van der Waals surface area contributed by atoms with Gasteiger partial charge < -0.3 is 4.57 Å². The molecule has 5 rings (SSSR count). The number of sulfonamides is 1. The normalized spacial score (nSPS) is 11.3. The zero-order chi connectivity index (χ0) is 23.5. The van der Waals surface area contributed by atoms with Crippen molar-refractivity contribution in [3.05, 3.63) is 109 Å². The summed E-state index contributed by atoms with van der Waals surface area (Å²) in [6.45, 7) is 0.563. The minimum absolute atomic E-state index is 0.129. The van der Waals surface area contributed by atoms with E-state index < -0.39 is 10.0 Å². The van der Waals surface area contributed by atoms with E-state index in [9.17, 15) is 8.42 Å². The number of fused-ring (bicyclic) bond motifs is 1. The van der Waals surface area contributed by atoms with Crippen LogP contribution >= 0.6 is 0 Å². The summed E-state index contributed by atoms with van der Waals surface area (Å²) >= 11 is 0. The van der Waals surface area contributed by atoms with E-state index >= 15 is 0 Å². The SMILES string of the molecule is N#Cc1cccc(Cn2ccnc2-c2ccc(NS(=O)(=O)c3cccc4cccnc34)cc2)c1. The molecule has 0 unspecified atom stereocenters. The predicted molar refractivity (Wildman–Crippen MR) is 130 cm³/mol. The van der Waals surface area contributed by atoms with Gasteiger partial charge in [0.2, 0.25) is 0 Å². The van der Waals surface area contributed by atoms with Crippen LogP contribution in [0, 0.1) is 11.3 Å². The molecule has 3 aromatic carbocycles. The second-order valence-electron chi connectivity index (χ2n) is 7.71. The van der Waals surface area contributed by atoms with Gasteiger partial charge in [-0.2, -0.15) is 5.26 Å². The van der Waals surface area contributed by atoms with E-state index in [1.807, 2.05) is 53.2 Å². The standard InChI is InChI=1S/C26H19N5O2S/c27-17-19-4-1-5-20(16-19)18-31-15-14-29-26(31)22-9-11-23(12-10-22)30-34(32,33)24-8-2-6-21-7-3-13-28-25(21)24/h1-16,30H,18H2. The molecule has 2 heterocycles. The molecule has 0 amide bonds. The number of nitrogens with one attached hydrogen (secondary N) is 1. The van der Waals surface area contributed by atoms with Crippen LogP contribution in [0.2, 0.25) is 0 Å². The number of benzene rings is 3. The molecule has 0 saturated carbocycles. The molecule has 0 bridgehead atoms. The Kier molecular flexibility index (Phi) is 5.54. The third-order valence-corrected chi connectivity index (χ3v) is 6.82. The second-order valence-corrected chi connectivity index (χ2v) is 9.36. The highest BCUT2D eigenvalue weighted by Gasteiger charge is 2.18. The number of nitrogens with zero attached hydrogens (tertiary/aromatic N) is 4. The fourth-order valence-corrected chi connectivity index (χ4v) is 5.06. The van der Waals surface area contributed by atoms with E-state index in [1.165, 1.54) is 0 Å². The lowest BCUT2D eigenvalue weighted by Gasteiger charge is -2.11. The molecule has 7 nitrogen and oxygen atoms in total. The Bertz CT molecular complexity index is 1630. The molecule has 0 radical (unpaired) electrons. The van der Waals surface area contributed by atoms with Crippen LogP contribution in [0.5, 0.6) is 0 Å². The van der Waals surface area contributed by atoms with Gasteiger partial charge in [0.15, 0.2) is 0 Å². The molecule has 0 saturated heterocycles. The number of hydrogen-bond donors (Lipinski definition) is 1. The maximum absolute atomic E-state index is 13.0. The van der Waals surface area contributed by atoms with Gasteiger partial charge >= 0.3 is 0 Å². The summed E-state index contributed by atoms with van der Waals surface area (Å²) < 4.78 is 30.7. The van der Waals surface area contributed by atoms with E-state index in [-0.39, 0.29) is 4.90 Å². The quantitative estimate of drug-likeness (QED) is 0.387. The maximum atomic E-state index is 13.0. The van der Waals surface area contributed by atoms with Gasteiger partial charge in [0.25, 0.3) is 10.0 Å². The van der Waals surface area contributed by atoms with Gasteiger partial charge in [0.1, 0.15) is 10.7 Å². The first-order chi connectivity index (χ1) is 16.5. The van der Waals surface area contributed by atoms with Gasteiger partial charge in [0, 0.05) is 41.8 Å². The first-order valence-electron chi connectivity index (χ1n) is 10.5. The van der Waals surface area contributed by atoms with Crippen molar-refractivity contribution < 1.29 is 8.42 Å². The molecule has 0 atom stereocenters. The minimum atomic E-state index is -3.82. The summed E-state index contributed by atoms with van der Waals surface area (Å²) in [4.78, 5) is 8.84. The Morgan fingerprint density at radius 3 is 2.53 bits per heavy atom. The number of pyridine rings is 1. The van der Waals surface area contributed by atoms with Crippen molar-refractivity contribution in [3.8, 4) is 17.5 Å². The molecule has 8 heteroatoms. The lowest BCUT2D eigenvalue weighted by atomic mass is 10.1. The highest BCUT2D eigenvalue weighted by atomic mass is 32.2. The fraction of sp³-hybridized carbons (Fsp3) is 0.0385. The van der Waals surface area contributed by atoms with Crippen LogP contribution in [-0.2, 0) is 16.6 Å². The van der Waals surface area contributed by atoms with Crippen LogP contribution < -0.4 is 4.72 Å². The van der Waals surface area contributed by atoms with Gasteiger partial charge in [-0.05, 0) is 54.1 Å². The summed E-state index contributed by atoms with van der Waals surface area (Å²) in [5.41, 5.74) is 3.31. The highest BCUT2D eigenvalue weighted by Crippen LogP contribution is 2.25. The van der Waals surface area contributed by atoms with Crippen LogP contribution in [-0.4, -0.2) is 23.0 Å². The maximum Gasteiger partial charge on any atom is 0.264 e. The summed E-state index contributed by atoms with van der Waals surface area (Å²) in [5, 5.41) is 9.89. The number of rotatable bonds is 6. The van der Waals surface area contributed by atoms with E-state index in [0.717, 1.165) is 22.3 Å². The van der Waals surface area contributed by atoms with Crippen molar-refractivity contribution in [1.29, 1.82) is 5.26 Å². The van der Waals surface area contributed by atoms with E-state index in [1.54, 1.807) is 48.8 Å². The molecule has 0 aliphatic heterocycles. The van der Waals surface area contributed by atoms with Crippen LogP contribution in [0.15, 0.2) is 102 Å². The van der Waals surface area contributed by atoms with Crippen LogP contribution in [0.3, 0.4) is 0 Å². The van der Waals surface area contributed by atoms with Crippen molar-refractivity contribution in [2.45, 2.75) is 11.4 Å². The van der Waals surface area contributed by atoms with E-state index in [2.05, 4.69) is 20.8 Å². The molecule has 0 fully saturated rings. The first-order valence-corrected chi connectivity index (χ1v) is 12.0. The molecule has 166 valence electrons. The molecular weight excluding hydrogens is 446 g/mol. The molecule has 0 spiro atoms. The van der Waals surface area contributed by atoms with E-state index in [0.29, 0.717) is 23.3 Å².